The third kappa shape index (κ3) is 8.32. The molecule has 2 rings (SSSR count). The Labute approximate surface area is 201 Å². The molecule has 0 atom stereocenters. The molecule has 0 aliphatic heterocycles. The summed E-state index contributed by atoms with van der Waals surface area (Å²) in [5.41, 5.74) is 1.40. The van der Waals surface area contributed by atoms with E-state index in [0.717, 1.165) is 11.4 Å². The molecule has 0 aromatic heterocycles. The predicted molar refractivity (Wildman–Crippen MR) is 135 cm³/mol. The summed E-state index contributed by atoms with van der Waals surface area (Å²) in [5.74, 6) is 0. The number of nitrogens with one attached hydrogen (secondary N) is 4. The first-order valence-corrected chi connectivity index (χ1v) is 10.9. The van der Waals surface area contributed by atoms with Crippen LogP contribution in [0.4, 0.5) is 11.4 Å². The summed E-state index contributed by atoms with van der Waals surface area (Å²) in [4.78, 5) is 0. The zero-order valence-corrected chi connectivity index (χ0v) is 20.4. The van der Waals surface area contributed by atoms with Crippen LogP contribution >= 0.6 is 70.8 Å². The van der Waals surface area contributed by atoms with E-state index in [2.05, 4.69) is 35.1 Å². The van der Waals surface area contributed by atoms with Gasteiger partial charge in [-0.2, -0.15) is 0 Å². The van der Waals surface area contributed by atoms with Crippen LogP contribution in [0.2, 0.25) is 20.1 Å². The highest BCUT2D eigenvalue weighted by molar-refractivity contribution is 7.80. The van der Waals surface area contributed by atoms with Crippen LogP contribution in [0, 0.1) is 5.41 Å². The van der Waals surface area contributed by atoms with Crippen LogP contribution < -0.4 is 21.3 Å². The number of benzene rings is 2. The second-order valence-electron chi connectivity index (χ2n) is 7.04. The molecule has 0 bridgehead atoms. The van der Waals surface area contributed by atoms with Crippen LogP contribution in [0.15, 0.2) is 36.4 Å². The van der Waals surface area contributed by atoms with E-state index in [0.29, 0.717) is 43.4 Å². The van der Waals surface area contributed by atoms with Gasteiger partial charge in [-0.15, -0.1) is 0 Å². The third-order valence-corrected chi connectivity index (χ3v) is 5.78. The molecular formula is C19H20Cl4N4S2. The van der Waals surface area contributed by atoms with Crippen molar-refractivity contribution in [3.8, 4) is 0 Å². The molecule has 0 aliphatic carbocycles. The summed E-state index contributed by atoms with van der Waals surface area (Å²) in [6.45, 7) is 5.44. The van der Waals surface area contributed by atoms with Crippen molar-refractivity contribution in [1.82, 2.24) is 10.6 Å². The average molecular weight is 510 g/mol. The Morgan fingerprint density at radius 2 is 1.10 bits per heavy atom. The molecule has 0 amide bonds. The van der Waals surface area contributed by atoms with E-state index in [-0.39, 0.29) is 5.41 Å². The smallest absolute Gasteiger partial charge is 0.170 e. The number of rotatable bonds is 6. The maximum Gasteiger partial charge on any atom is 0.170 e. The molecule has 2 aromatic rings. The van der Waals surface area contributed by atoms with Crippen molar-refractivity contribution in [2.75, 3.05) is 23.7 Å². The molecule has 0 radical (unpaired) electrons. The highest BCUT2D eigenvalue weighted by Crippen LogP contribution is 2.26. The summed E-state index contributed by atoms with van der Waals surface area (Å²) in [7, 11) is 0. The maximum absolute atomic E-state index is 6.02. The Hall–Kier alpha value is -1.02. The highest BCUT2D eigenvalue weighted by atomic mass is 35.5. The highest BCUT2D eigenvalue weighted by Gasteiger charge is 2.19. The molecule has 4 N–H and O–H groups in total. The van der Waals surface area contributed by atoms with Crippen molar-refractivity contribution >= 4 is 92.4 Å². The van der Waals surface area contributed by atoms with Crippen molar-refractivity contribution in [1.29, 1.82) is 0 Å². The zero-order valence-electron chi connectivity index (χ0n) is 15.7. The number of thiocarbonyl (C=S) groups is 2. The van der Waals surface area contributed by atoms with E-state index in [4.69, 9.17) is 70.8 Å². The van der Waals surface area contributed by atoms with Crippen LogP contribution in [-0.4, -0.2) is 23.3 Å². The maximum atomic E-state index is 6.02. The summed E-state index contributed by atoms with van der Waals surface area (Å²) < 4.78 is 0. The van der Waals surface area contributed by atoms with Crippen LogP contribution in [0.3, 0.4) is 0 Å². The Balaban J connectivity index is 1.78. The van der Waals surface area contributed by atoms with Gasteiger partial charge in [-0.05, 0) is 66.2 Å². The molecule has 4 nitrogen and oxygen atoms in total. The molecule has 0 saturated heterocycles. The van der Waals surface area contributed by atoms with E-state index in [9.17, 15) is 0 Å². The SMILES string of the molecule is CC(C)(CNC(=S)Nc1ccc(Cl)c(Cl)c1)CNC(=S)Nc1ccc(Cl)c(Cl)c1. The van der Waals surface area contributed by atoms with Gasteiger partial charge in [-0.25, -0.2) is 0 Å². The molecule has 0 saturated carbocycles. The van der Waals surface area contributed by atoms with Gasteiger partial charge in [0.05, 0.1) is 20.1 Å². The molecule has 156 valence electrons. The van der Waals surface area contributed by atoms with Crippen molar-refractivity contribution in [2.45, 2.75) is 13.8 Å². The second kappa shape index (κ2) is 10.8. The van der Waals surface area contributed by atoms with Crippen molar-refractivity contribution in [3.05, 3.63) is 56.5 Å². The van der Waals surface area contributed by atoms with Crippen LogP contribution in [0.25, 0.3) is 0 Å². The monoisotopic (exact) mass is 508 g/mol. The van der Waals surface area contributed by atoms with Crippen LogP contribution in [0.1, 0.15) is 13.8 Å². The lowest BCUT2D eigenvalue weighted by molar-refractivity contribution is 0.362. The second-order valence-corrected chi connectivity index (χ2v) is 9.48. The minimum Gasteiger partial charge on any atom is -0.362 e. The van der Waals surface area contributed by atoms with E-state index in [1.807, 2.05) is 12.1 Å². The molecule has 0 fully saturated rings. The normalized spacial score (nSPS) is 11.0. The Kier molecular flexibility index (Phi) is 9.07. The van der Waals surface area contributed by atoms with Gasteiger partial charge in [0.15, 0.2) is 10.2 Å². The molecule has 0 unspecified atom stereocenters. The first-order chi connectivity index (χ1) is 13.6. The van der Waals surface area contributed by atoms with E-state index < -0.39 is 0 Å². The fourth-order valence-electron chi connectivity index (χ4n) is 2.20. The molecule has 10 heteroatoms. The molecule has 0 heterocycles. The lowest BCUT2D eigenvalue weighted by atomic mass is 9.93. The van der Waals surface area contributed by atoms with Gasteiger partial charge in [0.1, 0.15) is 0 Å². The van der Waals surface area contributed by atoms with Crippen molar-refractivity contribution < 1.29 is 0 Å². The lowest BCUT2D eigenvalue weighted by Gasteiger charge is -2.27. The van der Waals surface area contributed by atoms with Gasteiger partial charge in [0.25, 0.3) is 0 Å². The van der Waals surface area contributed by atoms with E-state index in [1.54, 1.807) is 24.3 Å². The first kappa shape index (κ1) is 24.3. The summed E-state index contributed by atoms with van der Waals surface area (Å²) >= 11 is 34.6. The van der Waals surface area contributed by atoms with Gasteiger partial charge in [0.2, 0.25) is 0 Å². The molecule has 29 heavy (non-hydrogen) atoms. The minimum absolute atomic E-state index is 0.132. The summed E-state index contributed by atoms with van der Waals surface area (Å²) in [5, 5.41) is 15.5. The number of halogens is 4. The molecule has 0 spiro atoms. The van der Waals surface area contributed by atoms with Crippen LogP contribution in [-0.2, 0) is 0 Å². The minimum atomic E-state index is -0.132. The summed E-state index contributed by atoms with van der Waals surface area (Å²) in [6.07, 6.45) is 0. The van der Waals surface area contributed by atoms with E-state index in [1.165, 1.54) is 0 Å². The van der Waals surface area contributed by atoms with Gasteiger partial charge in [-0.1, -0.05) is 60.3 Å². The average Bonchev–Trinajstić information content (AvgIpc) is 2.65. The third-order valence-electron chi connectivity index (χ3n) is 3.81. The van der Waals surface area contributed by atoms with Gasteiger partial charge >= 0.3 is 0 Å². The number of hydrogen-bond donors (Lipinski definition) is 4. The Bertz CT molecular complexity index is 834. The van der Waals surface area contributed by atoms with Crippen LogP contribution in [0.5, 0.6) is 0 Å². The van der Waals surface area contributed by atoms with Crippen molar-refractivity contribution in [2.24, 2.45) is 5.41 Å². The first-order valence-electron chi connectivity index (χ1n) is 8.55. The Morgan fingerprint density at radius 3 is 1.45 bits per heavy atom. The number of anilines is 2. The zero-order chi connectivity index (χ0) is 21.6. The van der Waals surface area contributed by atoms with Gasteiger partial charge < -0.3 is 21.3 Å². The Morgan fingerprint density at radius 1 is 0.724 bits per heavy atom. The fraction of sp³-hybridized carbons (Fsp3) is 0.263. The molecule has 0 aliphatic rings. The largest absolute Gasteiger partial charge is 0.362 e. The molecule has 2 aromatic carbocycles. The topological polar surface area (TPSA) is 48.1 Å². The predicted octanol–water partition coefficient (Wildman–Crippen LogP) is 6.60. The standard InChI is InChI=1S/C19H20Cl4N4S2/c1-19(2,9-24-17(28)26-11-3-5-13(20)15(22)7-11)10-25-18(29)27-12-4-6-14(21)16(23)8-12/h3-8H,9-10H2,1-2H3,(H2,24,26,28)(H2,25,27,29). The van der Waals surface area contributed by atoms with Gasteiger partial charge in [-0.3, -0.25) is 0 Å². The summed E-state index contributed by atoms with van der Waals surface area (Å²) in [6, 6.07) is 10.5. The van der Waals surface area contributed by atoms with Crippen molar-refractivity contribution in [3.63, 3.8) is 0 Å². The number of hydrogen-bond acceptors (Lipinski definition) is 2. The quantitative estimate of drug-likeness (QED) is 0.329. The fourth-order valence-corrected chi connectivity index (χ4v) is 3.18. The molecular weight excluding hydrogens is 490 g/mol. The van der Waals surface area contributed by atoms with E-state index >= 15 is 0 Å². The van der Waals surface area contributed by atoms with Gasteiger partial charge in [0, 0.05) is 24.5 Å². The lowest BCUT2D eigenvalue weighted by Crippen LogP contribution is -2.44.